The van der Waals surface area contributed by atoms with Gasteiger partial charge in [0, 0.05) is 11.9 Å². The van der Waals surface area contributed by atoms with Crippen molar-refractivity contribution < 1.29 is 0 Å². The molecule has 2 rings (SSSR count). The van der Waals surface area contributed by atoms with Crippen molar-refractivity contribution in [2.75, 3.05) is 0 Å². The minimum absolute atomic E-state index is 0.583. The van der Waals surface area contributed by atoms with E-state index in [1.165, 1.54) is 86.5 Å². The normalized spacial score (nSPS) is 18.0. The summed E-state index contributed by atoms with van der Waals surface area (Å²) < 4.78 is 0. The van der Waals surface area contributed by atoms with E-state index in [9.17, 15) is 0 Å². The molecule has 0 bridgehead atoms. The van der Waals surface area contributed by atoms with Crippen LogP contribution in [0.2, 0.25) is 0 Å². The Labute approximate surface area is 174 Å². The molecule has 0 N–H and O–H groups in total. The van der Waals surface area contributed by atoms with E-state index in [0.29, 0.717) is 5.41 Å². The number of nitrogens with zero attached hydrogens (tertiary/aromatic N) is 1. The van der Waals surface area contributed by atoms with Crippen molar-refractivity contribution in [2.24, 2.45) is 10.4 Å². The number of benzene rings is 1. The Hall–Kier alpha value is -1.63. The maximum absolute atomic E-state index is 4.64. The summed E-state index contributed by atoms with van der Waals surface area (Å²) >= 11 is 0. The molecule has 0 aliphatic heterocycles. The molecule has 1 saturated carbocycles. The minimum Gasteiger partial charge on any atom is -0.261 e. The molecule has 154 valence electrons. The third kappa shape index (κ3) is 5.93. The third-order valence-corrected chi connectivity index (χ3v) is 6.62. The summed E-state index contributed by atoms with van der Waals surface area (Å²) in [7, 11) is 0. The average Bonchev–Trinajstić information content (AvgIpc) is 2.72. The molecular formula is C27H41N. The van der Waals surface area contributed by atoms with Crippen molar-refractivity contribution in [1.82, 2.24) is 0 Å². The highest BCUT2D eigenvalue weighted by Gasteiger charge is 2.31. The molecule has 0 unspecified atom stereocenters. The van der Waals surface area contributed by atoms with E-state index >= 15 is 0 Å². The zero-order chi connectivity index (χ0) is 20.4. The second-order valence-corrected chi connectivity index (χ2v) is 8.67. The Morgan fingerprint density at radius 1 is 1.11 bits per heavy atom. The molecule has 0 saturated heterocycles. The summed E-state index contributed by atoms with van der Waals surface area (Å²) in [5.74, 6) is 0. The van der Waals surface area contributed by atoms with Crippen LogP contribution in [0.4, 0.5) is 0 Å². The molecule has 1 heteroatoms. The number of allylic oxidation sites excluding steroid dienone is 3. The van der Waals surface area contributed by atoms with Crippen LogP contribution in [0.5, 0.6) is 0 Å². The van der Waals surface area contributed by atoms with Gasteiger partial charge in [0.25, 0.3) is 0 Å². The monoisotopic (exact) mass is 379 g/mol. The van der Waals surface area contributed by atoms with Crippen LogP contribution in [-0.2, 0) is 6.42 Å². The standard InChI is InChI=1S/C27H41N/c1-6-9-17-27(18-11-10-12-19-27)20-16-24-15-13-14-22(4)26(24)25(8-3)23(5)28-21-7-2/h7-8,13-15,21H,6,9-12,16-20H2,1-5H3/b21-7-,25-8-,28-23+. The SMILES string of the molecule is C\C=C/N=C(C)/C(=C/C)c1c(C)cccc1CCC1(CCCC)CCCCC1. The van der Waals surface area contributed by atoms with Gasteiger partial charge >= 0.3 is 0 Å². The van der Waals surface area contributed by atoms with Crippen molar-refractivity contribution in [3.05, 3.63) is 53.2 Å². The average molecular weight is 380 g/mol. The molecule has 1 fully saturated rings. The molecule has 0 aromatic heterocycles. The van der Waals surface area contributed by atoms with Crippen LogP contribution in [0.15, 0.2) is 41.5 Å². The zero-order valence-electron chi connectivity index (χ0n) is 19.0. The highest BCUT2D eigenvalue weighted by Crippen LogP contribution is 2.44. The first-order chi connectivity index (χ1) is 13.6. The summed E-state index contributed by atoms with van der Waals surface area (Å²) in [6.07, 6.45) is 20.0. The number of hydrogen-bond acceptors (Lipinski definition) is 1. The lowest BCUT2D eigenvalue weighted by Crippen LogP contribution is -2.25. The molecule has 1 aliphatic carbocycles. The van der Waals surface area contributed by atoms with Crippen molar-refractivity contribution in [3.8, 4) is 0 Å². The van der Waals surface area contributed by atoms with E-state index in [1.54, 1.807) is 0 Å². The fourth-order valence-electron chi connectivity index (χ4n) is 4.99. The van der Waals surface area contributed by atoms with E-state index in [0.717, 1.165) is 5.71 Å². The molecular weight excluding hydrogens is 338 g/mol. The number of aliphatic imine (C=N–C) groups is 1. The van der Waals surface area contributed by atoms with Gasteiger partial charge in [-0.25, -0.2) is 0 Å². The van der Waals surface area contributed by atoms with Crippen LogP contribution in [0, 0.1) is 12.3 Å². The Morgan fingerprint density at radius 2 is 1.86 bits per heavy atom. The lowest BCUT2D eigenvalue weighted by atomic mass is 9.67. The van der Waals surface area contributed by atoms with Gasteiger partial charge in [-0.3, -0.25) is 4.99 Å². The topological polar surface area (TPSA) is 12.4 Å². The molecule has 0 radical (unpaired) electrons. The summed E-state index contributed by atoms with van der Waals surface area (Å²) in [5, 5.41) is 0. The van der Waals surface area contributed by atoms with E-state index in [4.69, 9.17) is 0 Å². The van der Waals surface area contributed by atoms with Crippen molar-refractivity contribution >= 4 is 11.3 Å². The molecule has 1 nitrogen and oxygen atoms in total. The first-order valence-corrected chi connectivity index (χ1v) is 11.5. The predicted molar refractivity (Wildman–Crippen MR) is 126 cm³/mol. The lowest BCUT2D eigenvalue weighted by Gasteiger charge is -2.38. The fraction of sp³-hybridized carbons (Fsp3) is 0.593. The first kappa shape index (κ1) is 22.7. The summed E-state index contributed by atoms with van der Waals surface area (Å²) in [4.78, 5) is 4.64. The summed E-state index contributed by atoms with van der Waals surface area (Å²) in [5.41, 5.74) is 7.26. The van der Waals surface area contributed by atoms with Gasteiger partial charge in [0.05, 0.1) is 0 Å². The van der Waals surface area contributed by atoms with Crippen LogP contribution in [0.25, 0.3) is 5.57 Å². The number of hydrogen-bond donors (Lipinski definition) is 0. The van der Waals surface area contributed by atoms with E-state index < -0.39 is 0 Å². The van der Waals surface area contributed by atoms with E-state index in [2.05, 4.69) is 57.0 Å². The van der Waals surface area contributed by atoms with Crippen LogP contribution >= 0.6 is 0 Å². The molecule has 1 aromatic rings. The van der Waals surface area contributed by atoms with Gasteiger partial charge in [0.15, 0.2) is 0 Å². The van der Waals surface area contributed by atoms with Gasteiger partial charge < -0.3 is 0 Å². The minimum atomic E-state index is 0.583. The molecule has 0 amide bonds. The Bertz CT molecular complexity index is 699. The van der Waals surface area contributed by atoms with Crippen LogP contribution in [0.1, 0.15) is 102 Å². The Balaban J connectivity index is 2.30. The Morgan fingerprint density at radius 3 is 2.50 bits per heavy atom. The number of rotatable bonds is 9. The number of aryl methyl sites for hydroxylation is 2. The smallest absolute Gasteiger partial charge is 0.0447 e. The molecule has 1 aliphatic rings. The molecule has 0 atom stereocenters. The van der Waals surface area contributed by atoms with Gasteiger partial charge in [0.1, 0.15) is 0 Å². The summed E-state index contributed by atoms with van der Waals surface area (Å²) in [6, 6.07) is 6.84. The van der Waals surface area contributed by atoms with Gasteiger partial charge in [-0.1, -0.05) is 69.4 Å². The molecule has 0 heterocycles. The molecule has 0 spiro atoms. The summed E-state index contributed by atoms with van der Waals surface area (Å²) in [6.45, 7) is 10.9. The molecule has 28 heavy (non-hydrogen) atoms. The maximum Gasteiger partial charge on any atom is 0.0447 e. The second-order valence-electron chi connectivity index (χ2n) is 8.67. The van der Waals surface area contributed by atoms with Gasteiger partial charge in [-0.15, -0.1) is 0 Å². The highest BCUT2D eigenvalue weighted by atomic mass is 14.7. The highest BCUT2D eigenvalue weighted by molar-refractivity contribution is 6.23. The number of unbranched alkanes of at least 4 members (excludes halogenated alkanes) is 1. The largest absolute Gasteiger partial charge is 0.261 e. The van der Waals surface area contributed by atoms with E-state index in [1.807, 2.05) is 19.2 Å². The zero-order valence-corrected chi connectivity index (χ0v) is 19.0. The predicted octanol–water partition coefficient (Wildman–Crippen LogP) is 8.47. The van der Waals surface area contributed by atoms with Gasteiger partial charge in [0.2, 0.25) is 0 Å². The maximum atomic E-state index is 4.64. The fourth-order valence-corrected chi connectivity index (χ4v) is 4.99. The van der Waals surface area contributed by atoms with Crippen LogP contribution in [-0.4, -0.2) is 5.71 Å². The quantitative estimate of drug-likeness (QED) is 0.381. The lowest BCUT2D eigenvalue weighted by molar-refractivity contribution is 0.153. The molecule has 1 aromatic carbocycles. The van der Waals surface area contributed by atoms with Gasteiger partial charge in [-0.05, 0) is 87.5 Å². The van der Waals surface area contributed by atoms with Crippen molar-refractivity contribution in [1.29, 1.82) is 0 Å². The van der Waals surface area contributed by atoms with Crippen LogP contribution < -0.4 is 0 Å². The first-order valence-electron chi connectivity index (χ1n) is 11.5. The second kappa shape index (κ2) is 11.4. The van der Waals surface area contributed by atoms with Crippen molar-refractivity contribution in [2.45, 2.75) is 98.8 Å². The Kier molecular flexibility index (Phi) is 9.22. The van der Waals surface area contributed by atoms with E-state index in [-0.39, 0.29) is 0 Å². The van der Waals surface area contributed by atoms with Crippen molar-refractivity contribution in [3.63, 3.8) is 0 Å². The third-order valence-electron chi connectivity index (χ3n) is 6.62. The van der Waals surface area contributed by atoms with Crippen LogP contribution in [0.3, 0.4) is 0 Å². The van der Waals surface area contributed by atoms with Gasteiger partial charge in [-0.2, -0.15) is 0 Å².